The maximum absolute atomic E-state index is 12.4. The van der Waals surface area contributed by atoms with Crippen molar-refractivity contribution in [3.8, 4) is 0 Å². The van der Waals surface area contributed by atoms with Crippen LogP contribution in [-0.4, -0.2) is 66.9 Å². The highest BCUT2D eigenvalue weighted by Gasteiger charge is 2.28. The second kappa shape index (κ2) is 11.9. The van der Waals surface area contributed by atoms with Crippen LogP contribution in [0.25, 0.3) is 0 Å². The van der Waals surface area contributed by atoms with Gasteiger partial charge in [-0.25, -0.2) is 4.79 Å². The lowest BCUT2D eigenvalue weighted by Crippen LogP contribution is -2.57. The monoisotopic (exact) mass is 397 g/mol. The third kappa shape index (κ3) is 7.27. The van der Waals surface area contributed by atoms with Gasteiger partial charge in [-0.05, 0) is 5.56 Å². The van der Waals surface area contributed by atoms with Crippen LogP contribution < -0.4 is 16.0 Å². The third-order valence-electron chi connectivity index (χ3n) is 3.67. The Morgan fingerprint density at radius 2 is 1.70 bits per heavy atom. The van der Waals surface area contributed by atoms with Crippen LogP contribution in [0.3, 0.4) is 0 Å². The molecule has 0 spiro atoms. The molecule has 27 heavy (non-hydrogen) atoms. The number of hydrogen-bond donors (Lipinski definition) is 5. The van der Waals surface area contributed by atoms with E-state index in [1.807, 2.05) is 6.07 Å². The SMILES string of the molecule is COC(=O)[C@H](Cc1ccccc1)NC(=O)[C@H](CO)NC(=O)[C@H](CS)NC=O. The van der Waals surface area contributed by atoms with E-state index in [0.717, 1.165) is 5.56 Å². The first-order valence-corrected chi connectivity index (χ1v) is 8.74. The summed E-state index contributed by atoms with van der Waals surface area (Å²) in [6, 6.07) is 5.71. The minimum Gasteiger partial charge on any atom is -0.467 e. The van der Waals surface area contributed by atoms with Gasteiger partial charge in [0.05, 0.1) is 13.7 Å². The Kier molecular flexibility index (Phi) is 9.91. The summed E-state index contributed by atoms with van der Waals surface area (Å²) in [5, 5.41) is 16.4. The van der Waals surface area contributed by atoms with E-state index < -0.39 is 42.5 Å². The molecule has 0 unspecified atom stereocenters. The minimum absolute atomic E-state index is 0.00311. The predicted molar refractivity (Wildman–Crippen MR) is 99.9 cm³/mol. The molecule has 0 aliphatic carbocycles. The van der Waals surface area contributed by atoms with E-state index in [1.54, 1.807) is 24.3 Å². The van der Waals surface area contributed by atoms with Crippen LogP contribution in [-0.2, 0) is 30.3 Å². The summed E-state index contributed by atoms with van der Waals surface area (Å²) >= 11 is 3.94. The molecule has 0 heterocycles. The zero-order valence-electron chi connectivity index (χ0n) is 14.8. The van der Waals surface area contributed by atoms with Crippen molar-refractivity contribution in [3.63, 3.8) is 0 Å². The molecule has 3 amide bonds. The van der Waals surface area contributed by atoms with Crippen LogP contribution in [0.1, 0.15) is 5.56 Å². The highest BCUT2D eigenvalue weighted by atomic mass is 32.1. The number of amides is 3. The molecule has 0 radical (unpaired) electrons. The third-order valence-corrected chi connectivity index (χ3v) is 4.03. The Morgan fingerprint density at radius 3 is 2.22 bits per heavy atom. The minimum atomic E-state index is -1.31. The van der Waals surface area contributed by atoms with Crippen LogP contribution >= 0.6 is 12.6 Å². The van der Waals surface area contributed by atoms with Gasteiger partial charge in [0, 0.05) is 12.2 Å². The van der Waals surface area contributed by atoms with Crippen molar-refractivity contribution in [2.24, 2.45) is 0 Å². The van der Waals surface area contributed by atoms with Gasteiger partial charge in [-0.1, -0.05) is 30.3 Å². The maximum atomic E-state index is 12.4. The quantitative estimate of drug-likeness (QED) is 0.174. The van der Waals surface area contributed by atoms with E-state index in [-0.39, 0.29) is 12.2 Å². The van der Waals surface area contributed by atoms with Crippen LogP contribution in [0.15, 0.2) is 30.3 Å². The topological polar surface area (TPSA) is 134 Å². The molecule has 148 valence electrons. The van der Waals surface area contributed by atoms with Gasteiger partial charge in [0.1, 0.15) is 18.1 Å². The molecule has 0 saturated carbocycles. The van der Waals surface area contributed by atoms with E-state index in [9.17, 15) is 24.3 Å². The summed E-state index contributed by atoms with van der Waals surface area (Å²) in [6.07, 6.45) is 0.513. The van der Waals surface area contributed by atoms with Gasteiger partial charge in [0.15, 0.2) is 0 Å². The number of rotatable bonds is 11. The summed E-state index contributed by atoms with van der Waals surface area (Å²) in [6.45, 7) is -0.697. The van der Waals surface area contributed by atoms with Crippen molar-refractivity contribution < 1.29 is 29.0 Å². The van der Waals surface area contributed by atoms with Crippen molar-refractivity contribution in [2.45, 2.75) is 24.5 Å². The molecule has 1 aromatic carbocycles. The van der Waals surface area contributed by atoms with Crippen molar-refractivity contribution in [2.75, 3.05) is 19.5 Å². The molecule has 0 saturated heterocycles. The number of ether oxygens (including phenoxy) is 1. The van der Waals surface area contributed by atoms with Crippen LogP contribution in [0.5, 0.6) is 0 Å². The van der Waals surface area contributed by atoms with Gasteiger partial charge in [-0.15, -0.1) is 0 Å². The van der Waals surface area contributed by atoms with Gasteiger partial charge < -0.3 is 25.8 Å². The Morgan fingerprint density at radius 1 is 1.11 bits per heavy atom. The Balaban J connectivity index is 2.80. The lowest BCUT2D eigenvalue weighted by molar-refractivity contribution is -0.145. The molecule has 0 aliphatic heterocycles. The standard InChI is InChI=1S/C17H23N3O6S/c1-26-17(25)12(7-11-5-3-2-4-6-11)19-15(23)13(8-21)20-16(24)14(9-27)18-10-22/h2-6,10,12-14,21,27H,7-9H2,1H3,(H,18,22)(H,19,23)(H,20,24)/t12-,13-,14-/m0/s1. The van der Waals surface area contributed by atoms with Crippen molar-refractivity contribution in [3.05, 3.63) is 35.9 Å². The van der Waals surface area contributed by atoms with E-state index in [0.29, 0.717) is 6.41 Å². The van der Waals surface area contributed by atoms with Gasteiger partial charge in [-0.2, -0.15) is 12.6 Å². The lowest BCUT2D eigenvalue weighted by Gasteiger charge is -2.22. The van der Waals surface area contributed by atoms with Crippen molar-refractivity contribution >= 4 is 36.8 Å². The molecule has 3 atom stereocenters. The molecule has 0 aliphatic rings. The molecule has 0 fully saturated rings. The summed E-state index contributed by atoms with van der Waals surface area (Å²) in [5.74, 6) is -2.11. The number of nitrogens with one attached hydrogen (secondary N) is 3. The van der Waals surface area contributed by atoms with Crippen LogP contribution in [0.4, 0.5) is 0 Å². The second-order valence-corrected chi connectivity index (χ2v) is 5.90. The van der Waals surface area contributed by atoms with Gasteiger partial charge in [0.25, 0.3) is 0 Å². The number of aliphatic hydroxyl groups is 1. The largest absolute Gasteiger partial charge is 0.467 e. The summed E-state index contributed by atoms with van der Waals surface area (Å²) in [7, 11) is 1.19. The fourth-order valence-corrected chi connectivity index (χ4v) is 2.49. The second-order valence-electron chi connectivity index (χ2n) is 5.54. The number of hydrogen-bond acceptors (Lipinski definition) is 7. The summed E-state index contributed by atoms with van der Waals surface area (Å²) in [5.41, 5.74) is 0.795. The Hall–Kier alpha value is -2.59. The lowest BCUT2D eigenvalue weighted by atomic mass is 10.1. The average molecular weight is 397 g/mol. The van der Waals surface area contributed by atoms with Crippen LogP contribution in [0.2, 0.25) is 0 Å². The zero-order valence-corrected chi connectivity index (χ0v) is 15.6. The Labute approximate surface area is 162 Å². The van der Waals surface area contributed by atoms with Gasteiger partial charge in [0.2, 0.25) is 18.2 Å². The number of aliphatic hydroxyl groups excluding tert-OH is 1. The maximum Gasteiger partial charge on any atom is 0.328 e. The number of carbonyl (C=O) groups is 4. The number of thiol groups is 1. The van der Waals surface area contributed by atoms with Crippen LogP contribution in [0, 0.1) is 0 Å². The first kappa shape index (κ1) is 22.5. The molecular weight excluding hydrogens is 374 g/mol. The van der Waals surface area contributed by atoms with E-state index >= 15 is 0 Å². The molecule has 0 aromatic heterocycles. The first-order chi connectivity index (χ1) is 13.0. The van der Waals surface area contributed by atoms with E-state index in [2.05, 4.69) is 28.6 Å². The summed E-state index contributed by atoms with van der Waals surface area (Å²) in [4.78, 5) is 46.9. The molecule has 4 N–H and O–H groups in total. The van der Waals surface area contributed by atoms with E-state index in [4.69, 9.17) is 4.74 Å². The Bertz CT molecular complexity index is 643. The highest BCUT2D eigenvalue weighted by Crippen LogP contribution is 2.05. The molecule has 0 bridgehead atoms. The first-order valence-electron chi connectivity index (χ1n) is 8.10. The molecule has 1 aromatic rings. The normalized spacial score (nSPS) is 13.6. The predicted octanol–water partition coefficient (Wildman–Crippen LogP) is -1.59. The zero-order chi connectivity index (χ0) is 20.2. The van der Waals surface area contributed by atoms with Gasteiger partial charge in [-0.3, -0.25) is 14.4 Å². The highest BCUT2D eigenvalue weighted by molar-refractivity contribution is 7.80. The number of carbonyl (C=O) groups excluding carboxylic acids is 4. The molecule has 10 heteroatoms. The number of methoxy groups -OCH3 is 1. The average Bonchev–Trinajstić information content (AvgIpc) is 2.69. The van der Waals surface area contributed by atoms with Gasteiger partial charge >= 0.3 is 5.97 Å². The van der Waals surface area contributed by atoms with E-state index in [1.165, 1.54) is 7.11 Å². The smallest absolute Gasteiger partial charge is 0.328 e. The molecule has 9 nitrogen and oxygen atoms in total. The fourth-order valence-electron chi connectivity index (χ4n) is 2.22. The van der Waals surface area contributed by atoms with Crippen molar-refractivity contribution in [1.29, 1.82) is 0 Å². The van der Waals surface area contributed by atoms with Crippen molar-refractivity contribution in [1.82, 2.24) is 16.0 Å². The molecule has 1 rings (SSSR count). The number of benzene rings is 1. The fraction of sp³-hybridized carbons (Fsp3) is 0.412. The molecular formula is C17H23N3O6S. The summed E-state index contributed by atoms with van der Waals surface area (Å²) < 4.78 is 4.71. The number of esters is 1.